The van der Waals surface area contributed by atoms with Gasteiger partial charge in [0.05, 0.1) is 10.5 Å². The number of nitro benzene ring substituents is 1. The molecule has 0 heterocycles. The molecule has 0 saturated heterocycles. The molecule has 74 valence electrons. The van der Waals surface area contributed by atoms with Gasteiger partial charge in [0, 0.05) is 5.56 Å². The predicted molar refractivity (Wildman–Crippen MR) is 52.5 cm³/mol. The van der Waals surface area contributed by atoms with E-state index in [2.05, 4.69) is 15.9 Å². The lowest BCUT2D eigenvalue weighted by Crippen LogP contribution is -2.02. The van der Waals surface area contributed by atoms with E-state index in [9.17, 15) is 14.9 Å². The molecule has 0 fully saturated rings. The second-order valence-corrected chi connectivity index (χ2v) is 3.45. The number of halogens is 1. The van der Waals surface area contributed by atoms with Gasteiger partial charge in [0.2, 0.25) is 0 Å². The zero-order valence-electron chi connectivity index (χ0n) is 7.15. The summed E-state index contributed by atoms with van der Waals surface area (Å²) in [6.07, 6.45) is 0. The Kier molecular flexibility index (Phi) is 2.85. The zero-order chi connectivity index (χ0) is 10.9. The summed E-state index contributed by atoms with van der Waals surface area (Å²) in [5.74, 6) is -1.19. The van der Waals surface area contributed by atoms with Crippen molar-refractivity contribution < 1.29 is 14.8 Å². The Morgan fingerprint density at radius 1 is 1.57 bits per heavy atom. The summed E-state index contributed by atoms with van der Waals surface area (Å²) in [7, 11) is 0. The van der Waals surface area contributed by atoms with Crippen molar-refractivity contribution in [1.29, 1.82) is 0 Å². The number of nitro groups is 1. The van der Waals surface area contributed by atoms with Crippen molar-refractivity contribution in [3.8, 4) is 0 Å². The minimum Gasteiger partial charge on any atom is -0.478 e. The molecule has 0 aliphatic carbocycles. The van der Waals surface area contributed by atoms with Crippen molar-refractivity contribution in [2.75, 3.05) is 0 Å². The van der Waals surface area contributed by atoms with Crippen LogP contribution >= 0.6 is 15.9 Å². The molecule has 1 aromatic carbocycles. The highest BCUT2D eigenvalue weighted by Crippen LogP contribution is 2.31. The number of hydrogen-bond donors (Lipinski definition) is 1. The molecule has 0 saturated carbocycles. The van der Waals surface area contributed by atoms with Gasteiger partial charge in [0.15, 0.2) is 0 Å². The van der Waals surface area contributed by atoms with Crippen LogP contribution in [0.5, 0.6) is 0 Å². The van der Waals surface area contributed by atoms with Crippen LogP contribution in [0.3, 0.4) is 0 Å². The van der Waals surface area contributed by atoms with Crippen LogP contribution in [0.1, 0.15) is 15.9 Å². The summed E-state index contributed by atoms with van der Waals surface area (Å²) in [4.78, 5) is 20.7. The van der Waals surface area contributed by atoms with Crippen molar-refractivity contribution in [2.24, 2.45) is 0 Å². The van der Waals surface area contributed by atoms with Crippen LogP contribution in [0.25, 0.3) is 0 Å². The van der Waals surface area contributed by atoms with E-state index in [0.29, 0.717) is 5.56 Å². The van der Waals surface area contributed by atoms with Gasteiger partial charge in [-0.3, -0.25) is 10.1 Å². The molecule has 0 aliphatic heterocycles. The number of aromatic carboxylic acids is 1. The first kappa shape index (κ1) is 10.6. The lowest BCUT2D eigenvalue weighted by atomic mass is 10.1. The smallest absolute Gasteiger partial charge is 0.337 e. The number of carboxylic acids is 1. The molecule has 0 spiro atoms. The summed E-state index contributed by atoms with van der Waals surface area (Å²) in [5, 5.41) is 19.3. The van der Waals surface area contributed by atoms with E-state index < -0.39 is 10.9 Å². The molecule has 0 atom stereocenters. The van der Waals surface area contributed by atoms with Crippen LogP contribution in [0.15, 0.2) is 16.6 Å². The van der Waals surface area contributed by atoms with E-state index in [1.807, 2.05) is 0 Å². The van der Waals surface area contributed by atoms with Gasteiger partial charge in [0.25, 0.3) is 5.69 Å². The average Bonchev–Trinajstić information content (AvgIpc) is 2.02. The van der Waals surface area contributed by atoms with Crippen LogP contribution < -0.4 is 0 Å². The standard InChI is InChI=1S/C8H6BrNO4/c1-4-2-3-5(8(11)12)6(9)7(4)10(13)14/h2-3H,1H3,(H,11,12). The van der Waals surface area contributed by atoms with Crippen LogP contribution in [-0.2, 0) is 0 Å². The number of carbonyl (C=O) groups is 1. The number of nitrogens with zero attached hydrogens (tertiary/aromatic N) is 1. The molecule has 0 unspecified atom stereocenters. The van der Waals surface area contributed by atoms with Gasteiger partial charge in [-0.15, -0.1) is 0 Å². The van der Waals surface area contributed by atoms with E-state index in [4.69, 9.17) is 5.11 Å². The normalized spacial score (nSPS) is 9.86. The Morgan fingerprint density at radius 3 is 2.57 bits per heavy atom. The predicted octanol–water partition coefficient (Wildman–Crippen LogP) is 2.36. The number of rotatable bonds is 2. The summed E-state index contributed by atoms with van der Waals surface area (Å²) >= 11 is 2.91. The van der Waals surface area contributed by atoms with E-state index in [1.165, 1.54) is 12.1 Å². The summed E-state index contributed by atoms with van der Waals surface area (Å²) in [6.45, 7) is 1.55. The third-order valence-corrected chi connectivity index (χ3v) is 2.53. The van der Waals surface area contributed by atoms with Gasteiger partial charge in [-0.05, 0) is 28.9 Å². The van der Waals surface area contributed by atoms with Crippen molar-refractivity contribution in [2.45, 2.75) is 6.92 Å². The summed E-state index contributed by atoms with van der Waals surface area (Å²) < 4.78 is 0.00926. The van der Waals surface area contributed by atoms with Crippen LogP contribution in [0, 0.1) is 17.0 Å². The van der Waals surface area contributed by atoms with Crippen molar-refractivity contribution in [1.82, 2.24) is 0 Å². The van der Waals surface area contributed by atoms with Crippen LogP contribution in [0.4, 0.5) is 5.69 Å². The maximum Gasteiger partial charge on any atom is 0.337 e. The van der Waals surface area contributed by atoms with E-state index in [-0.39, 0.29) is 15.7 Å². The zero-order valence-corrected chi connectivity index (χ0v) is 8.74. The second kappa shape index (κ2) is 3.75. The van der Waals surface area contributed by atoms with Gasteiger partial charge in [-0.25, -0.2) is 4.79 Å². The van der Waals surface area contributed by atoms with E-state index in [0.717, 1.165) is 0 Å². The van der Waals surface area contributed by atoms with Crippen molar-refractivity contribution in [3.05, 3.63) is 37.8 Å². The van der Waals surface area contributed by atoms with Crippen LogP contribution in [0.2, 0.25) is 0 Å². The van der Waals surface area contributed by atoms with E-state index >= 15 is 0 Å². The first-order chi connectivity index (χ1) is 6.45. The summed E-state index contributed by atoms with van der Waals surface area (Å²) in [5.41, 5.74) is 0.110. The largest absolute Gasteiger partial charge is 0.478 e. The molecule has 1 aromatic rings. The molecule has 0 bridgehead atoms. The molecule has 0 aromatic heterocycles. The fraction of sp³-hybridized carbons (Fsp3) is 0.125. The van der Waals surface area contributed by atoms with Crippen molar-refractivity contribution >= 4 is 27.6 Å². The first-order valence-corrected chi connectivity index (χ1v) is 4.41. The molecule has 1 rings (SSSR count). The van der Waals surface area contributed by atoms with Crippen LogP contribution in [-0.4, -0.2) is 16.0 Å². The average molecular weight is 260 g/mol. The minimum atomic E-state index is -1.19. The third-order valence-electron chi connectivity index (χ3n) is 1.73. The SMILES string of the molecule is Cc1ccc(C(=O)O)c(Br)c1[N+](=O)[O-]. The van der Waals surface area contributed by atoms with Gasteiger partial charge in [-0.1, -0.05) is 6.07 Å². The highest BCUT2D eigenvalue weighted by Gasteiger charge is 2.21. The topological polar surface area (TPSA) is 80.4 Å². The fourth-order valence-corrected chi connectivity index (χ4v) is 1.81. The fourth-order valence-electron chi connectivity index (χ4n) is 1.05. The third kappa shape index (κ3) is 1.74. The molecule has 14 heavy (non-hydrogen) atoms. The highest BCUT2D eigenvalue weighted by molar-refractivity contribution is 9.10. The quantitative estimate of drug-likeness (QED) is 0.653. The van der Waals surface area contributed by atoms with Gasteiger partial charge < -0.3 is 5.11 Å². The molecule has 0 amide bonds. The maximum atomic E-state index is 10.7. The lowest BCUT2D eigenvalue weighted by Gasteiger charge is -2.02. The Bertz CT molecular complexity index is 416. The Labute approximate surface area is 87.6 Å². The first-order valence-electron chi connectivity index (χ1n) is 3.62. The molecule has 0 aliphatic rings. The van der Waals surface area contributed by atoms with Gasteiger partial charge in [0.1, 0.15) is 4.47 Å². The molecule has 6 heteroatoms. The van der Waals surface area contributed by atoms with Gasteiger partial charge >= 0.3 is 5.97 Å². The minimum absolute atomic E-state index is 0.00926. The molecule has 0 radical (unpaired) electrons. The second-order valence-electron chi connectivity index (χ2n) is 2.65. The number of hydrogen-bond acceptors (Lipinski definition) is 3. The Balaban J connectivity index is 3.49. The lowest BCUT2D eigenvalue weighted by molar-refractivity contribution is -0.386. The summed E-state index contributed by atoms with van der Waals surface area (Å²) in [6, 6.07) is 2.74. The molecule has 5 nitrogen and oxygen atoms in total. The molecule has 1 N–H and O–H groups in total. The molecular formula is C8H6BrNO4. The number of carboxylic acid groups (broad SMARTS) is 1. The Hall–Kier alpha value is -1.43. The number of benzene rings is 1. The highest BCUT2D eigenvalue weighted by atomic mass is 79.9. The van der Waals surface area contributed by atoms with Gasteiger partial charge in [-0.2, -0.15) is 0 Å². The Morgan fingerprint density at radius 2 is 2.14 bits per heavy atom. The van der Waals surface area contributed by atoms with Crippen molar-refractivity contribution in [3.63, 3.8) is 0 Å². The monoisotopic (exact) mass is 259 g/mol. The number of aryl methyl sites for hydroxylation is 1. The molecular weight excluding hydrogens is 254 g/mol. The van der Waals surface area contributed by atoms with E-state index in [1.54, 1.807) is 6.92 Å². The maximum absolute atomic E-state index is 10.7.